The number of aromatic nitrogens is 1. The molecule has 0 saturated heterocycles. The van der Waals surface area contributed by atoms with Crippen molar-refractivity contribution < 1.29 is 23.7 Å². The Kier molecular flexibility index (Phi) is 4.74. The SMILES string of the molecule is C[C@H](NC(=O)COC(=O)Cn1c(=O)oc2cc([N+](=O)[O-])ccc21)C1CC1. The number of hydrogen-bond acceptors (Lipinski definition) is 7. The number of nitrogens with zero attached hydrogens (tertiary/aromatic N) is 2. The highest BCUT2D eigenvalue weighted by Gasteiger charge is 2.29. The van der Waals surface area contributed by atoms with Gasteiger partial charge in [-0.3, -0.25) is 24.3 Å². The molecule has 0 aliphatic heterocycles. The summed E-state index contributed by atoms with van der Waals surface area (Å²) >= 11 is 0. The molecule has 1 N–H and O–H groups in total. The first-order chi connectivity index (χ1) is 12.3. The van der Waals surface area contributed by atoms with Gasteiger partial charge in [0.1, 0.15) is 6.54 Å². The van der Waals surface area contributed by atoms with Gasteiger partial charge in [0.05, 0.1) is 16.5 Å². The topological polar surface area (TPSA) is 134 Å². The van der Waals surface area contributed by atoms with Crippen molar-refractivity contribution in [2.75, 3.05) is 6.61 Å². The van der Waals surface area contributed by atoms with Crippen LogP contribution in [0.4, 0.5) is 5.69 Å². The van der Waals surface area contributed by atoms with Crippen molar-refractivity contribution in [3.05, 3.63) is 38.9 Å². The van der Waals surface area contributed by atoms with Crippen LogP contribution in [0.5, 0.6) is 0 Å². The maximum absolute atomic E-state index is 11.9. The number of nitro groups is 1. The number of non-ortho nitro benzene ring substituents is 1. The summed E-state index contributed by atoms with van der Waals surface area (Å²) in [6.45, 7) is 0.995. The van der Waals surface area contributed by atoms with Gasteiger partial charge in [0, 0.05) is 12.1 Å². The van der Waals surface area contributed by atoms with Crippen molar-refractivity contribution in [2.45, 2.75) is 32.4 Å². The van der Waals surface area contributed by atoms with E-state index in [0.717, 1.165) is 23.5 Å². The van der Waals surface area contributed by atoms with Gasteiger partial charge in [-0.2, -0.15) is 0 Å². The molecule has 1 fully saturated rings. The highest BCUT2D eigenvalue weighted by atomic mass is 16.6. The first-order valence-electron chi connectivity index (χ1n) is 8.08. The van der Waals surface area contributed by atoms with E-state index in [0.29, 0.717) is 5.92 Å². The van der Waals surface area contributed by atoms with Crippen molar-refractivity contribution in [2.24, 2.45) is 5.92 Å². The fraction of sp³-hybridized carbons (Fsp3) is 0.438. The molecule has 1 amide bonds. The third-order valence-corrected chi connectivity index (χ3v) is 4.23. The largest absolute Gasteiger partial charge is 0.454 e. The minimum absolute atomic E-state index is 0.00648. The Bertz CT molecular complexity index is 926. The number of ether oxygens (including phenoxy) is 1. The van der Waals surface area contributed by atoms with E-state index >= 15 is 0 Å². The molecule has 0 bridgehead atoms. The Morgan fingerprint density at radius 2 is 2.19 bits per heavy atom. The van der Waals surface area contributed by atoms with Crippen LogP contribution in [-0.4, -0.2) is 34.0 Å². The lowest BCUT2D eigenvalue weighted by molar-refractivity contribution is -0.384. The Morgan fingerprint density at radius 1 is 1.46 bits per heavy atom. The van der Waals surface area contributed by atoms with Gasteiger partial charge in [-0.15, -0.1) is 0 Å². The third-order valence-electron chi connectivity index (χ3n) is 4.23. The third kappa shape index (κ3) is 3.90. The summed E-state index contributed by atoms with van der Waals surface area (Å²) < 4.78 is 10.8. The van der Waals surface area contributed by atoms with Crippen LogP contribution < -0.4 is 11.1 Å². The number of carbonyl (C=O) groups excluding carboxylic acids is 2. The number of benzene rings is 1. The normalized spacial score (nSPS) is 14.8. The van der Waals surface area contributed by atoms with Gasteiger partial charge in [-0.1, -0.05) is 0 Å². The molecule has 3 rings (SSSR count). The van der Waals surface area contributed by atoms with Crippen LogP contribution in [0, 0.1) is 16.0 Å². The summed E-state index contributed by atoms with van der Waals surface area (Å²) in [4.78, 5) is 45.6. The van der Waals surface area contributed by atoms with E-state index < -0.39 is 35.7 Å². The second-order valence-corrected chi connectivity index (χ2v) is 6.22. The molecule has 1 saturated carbocycles. The Balaban J connectivity index is 1.61. The molecule has 0 unspecified atom stereocenters. The number of carbonyl (C=O) groups is 2. The molecule has 138 valence electrons. The zero-order chi connectivity index (χ0) is 18.8. The predicted octanol–water partition coefficient (Wildman–Crippen LogP) is 0.961. The summed E-state index contributed by atoms with van der Waals surface area (Å²) in [5, 5.41) is 13.5. The van der Waals surface area contributed by atoms with Crippen molar-refractivity contribution >= 4 is 28.7 Å². The Morgan fingerprint density at radius 3 is 2.85 bits per heavy atom. The van der Waals surface area contributed by atoms with Gasteiger partial charge in [0.15, 0.2) is 12.2 Å². The zero-order valence-electron chi connectivity index (χ0n) is 14.0. The van der Waals surface area contributed by atoms with Crippen LogP contribution in [0.3, 0.4) is 0 Å². The van der Waals surface area contributed by atoms with Gasteiger partial charge in [-0.25, -0.2) is 4.79 Å². The first-order valence-corrected chi connectivity index (χ1v) is 8.08. The summed E-state index contributed by atoms with van der Waals surface area (Å²) in [5.41, 5.74) is -0.0141. The van der Waals surface area contributed by atoms with E-state index in [1.165, 1.54) is 12.1 Å². The van der Waals surface area contributed by atoms with Crippen molar-refractivity contribution in [1.82, 2.24) is 9.88 Å². The number of nitro benzene ring substituents is 1. The van der Waals surface area contributed by atoms with Gasteiger partial charge in [-0.05, 0) is 31.7 Å². The number of hydrogen-bond donors (Lipinski definition) is 1. The lowest BCUT2D eigenvalue weighted by atomic mass is 10.2. The number of esters is 1. The lowest BCUT2D eigenvalue weighted by Crippen LogP contribution is -2.37. The maximum atomic E-state index is 11.9. The van der Waals surface area contributed by atoms with Crippen LogP contribution in [0.25, 0.3) is 11.1 Å². The number of nitrogens with one attached hydrogen (secondary N) is 1. The van der Waals surface area contributed by atoms with Gasteiger partial charge in [0.25, 0.3) is 11.6 Å². The van der Waals surface area contributed by atoms with Crippen molar-refractivity contribution in [1.29, 1.82) is 0 Å². The molecule has 1 aromatic heterocycles. The number of fused-ring (bicyclic) bond motifs is 1. The van der Waals surface area contributed by atoms with E-state index in [2.05, 4.69) is 5.32 Å². The fourth-order valence-electron chi connectivity index (χ4n) is 2.65. The van der Waals surface area contributed by atoms with Crippen LogP contribution in [0.15, 0.2) is 27.4 Å². The van der Waals surface area contributed by atoms with Gasteiger partial charge < -0.3 is 14.5 Å². The number of amides is 1. The molecule has 0 spiro atoms. The molecule has 0 radical (unpaired) electrons. The molecule has 10 nitrogen and oxygen atoms in total. The Hall–Kier alpha value is -3.17. The molecule has 1 aliphatic rings. The molecule has 1 atom stereocenters. The van der Waals surface area contributed by atoms with Gasteiger partial charge in [0.2, 0.25) is 0 Å². The predicted molar refractivity (Wildman–Crippen MR) is 88.4 cm³/mol. The van der Waals surface area contributed by atoms with Crippen LogP contribution in [-0.2, 0) is 20.9 Å². The van der Waals surface area contributed by atoms with E-state index in [9.17, 15) is 24.5 Å². The average molecular weight is 363 g/mol. The molecular weight excluding hydrogens is 346 g/mol. The number of oxazole rings is 1. The Labute approximate surface area is 146 Å². The highest BCUT2D eigenvalue weighted by molar-refractivity contribution is 5.82. The molecule has 1 heterocycles. The smallest absolute Gasteiger partial charge is 0.420 e. The average Bonchev–Trinajstić information content (AvgIpc) is 3.39. The monoisotopic (exact) mass is 363 g/mol. The van der Waals surface area contributed by atoms with Crippen LogP contribution in [0.1, 0.15) is 19.8 Å². The molecule has 10 heteroatoms. The molecular formula is C16H17N3O7. The minimum Gasteiger partial charge on any atom is -0.454 e. The summed E-state index contributed by atoms with van der Waals surface area (Å²) in [7, 11) is 0. The zero-order valence-corrected chi connectivity index (χ0v) is 14.0. The molecule has 1 aromatic carbocycles. The van der Waals surface area contributed by atoms with Crippen LogP contribution >= 0.6 is 0 Å². The summed E-state index contributed by atoms with van der Waals surface area (Å²) in [6.07, 6.45) is 2.16. The van der Waals surface area contributed by atoms with Crippen LogP contribution in [0.2, 0.25) is 0 Å². The van der Waals surface area contributed by atoms with E-state index in [4.69, 9.17) is 9.15 Å². The maximum Gasteiger partial charge on any atom is 0.420 e. The quantitative estimate of drug-likeness (QED) is 0.440. The summed E-state index contributed by atoms with van der Waals surface area (Å²) in [5.74, 6) is -1.56. The lowest BCUT2D eigenvalue weighted by Gasteiger charge is -2.12. The summed E-state index contributed by atoms with van der Waals surface area (Å²) in [6, 6.07) is 3.66. The fourth-order valence-corrected chi connectivity index (χ4v) is 2.65. The minimum atomic E-state index is -0.843. The first kappa shape index (κ1) is 17.6. The molecule has 26 heavy (non-hydrogen) atoms. The van der Waals surface area contributed by atoms with Crippen molar-refractivity contribution in [3.63, 3.8) is 0 Å². The van der Waals surface area contributed by atoms with E-state index in [1.807, 2.05) is 6.92 Å². The van der Waals surface area contributed by atoms with E-state index in [1.54, 1.807) is 0 Å². The van der Waals surface area contributed by atoms with Gasteiger partial charge >= 0.3 is 11.7 Å². The molecule has 2 aromatic rings. The second-order valence-electron chi connectivity index (χ2n) is 6.22. The van der Waals surface area contributed by atoms with Crippen molar-refractivity contribution in [3.8, 4) is 0 Å². The number of rotatable bonds is 7. The highest BCUT2D eigenvalue weighted by Crippen LogP contribution is 2.32. The van der Waals surface area contributed by atoms with E-state index in [-0.39, 0.29) is 22.8 Å². The second kappa shape index (κ2) is 6.98. The molecule has 1 aliphatic carbocycles. The standard InChI is InChI=1S/C16H17N3O7/c1-9(10-2-3-10)17-14(20)8-25-15(21)7-18-12-5-4-11(19(23)24)6-13(12)26-16(18)22/h4-6,9-10H,2-3,7-8H2,1H3,(H,17,20)/t9-/m0/s1.